The molecule has 0 heterocycles. The highest BCUT2D eigenvalue weighted by Gasteiger charge is 2.41. The molecule has 1 aromatic rings. The monoisotopic (exact) mass is 529 g/mol. The third kappa shape index (κ3) is 14.2. The van der Waals surface area contributed by atoms with E-state index in [4.69, 9.17) is 4.74 Å². The predicted octanol–water partition coefficient (Wildman–Crippen LogP) is 8.02. The summed E-state index contributed by atoms with van der Waals surface area (Å²) in [5, 5.41) is 6.27. The Morgan fingerprint density at radius 1 is 1.11 bits per heavy atom. The topological polar surface area (TPSA) is 79.8 Å². The lowest BCUT2D eigenvalue weighted by molar-refractivity contribution is -0.142. The quantitative estimate of drug-likeness (QED) is 0.225. The summed E-state index contributed by atoms with van der Waals surface area (Å²) >= 11 is 0. The first-order chi connectivity index (χ1) is 18.1. The number of amides is 1. The van der Waals surface area contributed by atoms with Gasteiger partial charge in [-0.15, -0.1) is 0 Å². The number of esters is 1. The molecule has 2 rings (SSSR count). The molecule has 1 aromatic carbocycles. The van der Waals surface area contributed by atoms with Gasteiger partial charge in [-0.1, -0.05) is 80.2 Å². The fraction of sp³-hybridized carbons (Fsp3) is 0.594. The van der Waals surface area contributed by atoms with Crippen molar-refractivity contribution in [3.05, 3.63) is 59.9 Å². The van der Waals surface area contributed by atoms with E-state index >= 15 is 0 Å². The molecule has 0 bridgehead atoms. The summed E-state index contributed by atoms with van der Waals surface area (Å²) in [4.78, 5) is 28.3. The SMILES string of the molecule is C=C(/N=C(C)/C=C\C)NC(c1ccc(C(=O)NCCC(=O)OCC)cc1)C1CC(C)(C)C1.CC.CC.CC. The zero-order valence-corrected chi connectivity index (χ0v) is 26.0. The molecule has 1 amide bonds. The van der Waals surface area contributed by atoms with Gasteiger partial charge in [0.25, 0.3) is 5.91 Å². The molecule has 38 heavy (non-hydrogen) atoms. The number of hydrogen-bond acceptors (Lipinski definition) is 5. The van der Waals surface area contributed by atoms with Gasteiger partial charge in [-0.3, -0.25) is 9.59 Å². The maximum atomic E-state index is 12.4. The molecule has 0 aliphatic heterocycles. The van der Waals surface area contributed by atoms with Gasteiger partial charge in [0, 0.05) is 17.8 Å². The fourth-order valence-corrected chi connectivity index (χ4v) is 4.23. The van der Waals surface area contributed by atoms with Crippen molar-refractivity contribution in [3.63, 3.8) is 0 Å². The highest BCUT2D eigenvalue weighted by molar-refractivity contribution is 5.94. The molecule has 1 atom stereocenters. The summed E-state index contributed by atoms with van der Waals surface area (Å²) in [7, 11) is 0. The first-order valence-corrected chi connectivity index (χ1v) is 14.3. The van der Waals surface area contributed by atoms with Gasteiger partial charge in [0.05, 0.1) is 19.1 Å². The number of hydrogen-bond donors (Lipinski definition) is 2. The van der Waals surface area contributed by atoms with Crippen LogP contribution in [0, 0.1) is 11.3 Å². The fourth-order valence-electron chi connectivity index (χ4n) is 4.23. The Hall–Kier alpha value is -2.89. The van der Waals surface area contributed by atoms with E-state index in [1.807, 2.05) is 91.8 Å². The Labute approximate surface area is 233 Å². The molecule has 0 radical (unpaired) electrons. The molecule has 6 nitrogen and oxygen atoms in total. The van der Waals surface area contributed by atoms with E-state index in [9.17, 15) is 9.59 Å². The van der Waals surface area contributed by atoms with Crippen molar-refractivity contribution in [2.75, 3.05) is 13.2 Å². The number of carbonyl (C=O) groups is 2. The molecular weight excluding hydrogens is 474 g/mol. The van der Waals surface area contributed by atoms with E-state index in [1.165, 1.54) is 0 Å². The van der Waals surface area contributed by atoms with Crippen molar-refractivity contribution < 1.29 is 14.3 Å². The van der Waals surface area contributed by atoms with E-state index in [-0.39, 0.29) is 30.9 Å². The molecule has 2 N–H and O–H groups in total. The van der Waals surface area contributed by atoms with Crippen LogP contribution in [0.4, 0.5) is 0 Å². The van der Waals surface area contributed by atoms with Gasteiger partial charge in [0.2, 0.25) is 0 Å². The Bertz CT molecular complexity index is 862. The van der Waals surface area contributed by atoms with Crippen LogP contribution in [0.2, 0.25) is 0 Å². The molecule has 6 heteroatoms. The number of nitrogens with zero attached hydrogens (tertiary/aromatic N) is 1. The molecule has 1 saturated carbocycles. The molecular formula is C32H55N3O3. The summed E-state index contributed by atoms with van der Waals surface area (Å²) in [6.07, 6.45) is 6.30. The van der Waals surface area contributed by atoms with Crippen LogP contribution in [0.5, 0.6) is 0 Å². The molecule has 1 fully saturated rings. The second-order valence-electron chi connectivity index (χ2n) is 9.09. The number of benzene rings is 1. The highest BCUT2D eigenvalue weighted by atomic mass is 16.5. The van der Waals surface area contributed by atoms with E-state index in [1.54, 1.807) is 6.92 Å². The molecule has 1 aliphatic rings. The second kappa shape index (κ2) is 21.1. The van der Waals surface area contributed by atoms with Crippen LogP contribution in [0.15, 0.2) is 53.8 Å². The number of rotatable bonds is 11. The zero-order valence-electron chi connectivity index (χ0n) is 26.0. The predicted molar refractivity (Wildman–Crippen MR) is 164 cm³/mol. The number of aliphatic imine (C=N–C) groups is 1. The van der Waals surface area contributed by atoms with Crippen LogP contribution in [-0.2, 0) is 9.53 Å². The Morgan fingerprint density at radius 3 is 2.13 bits per heavy atom. The maximum Gasteiger partial charge on any atom is 0.307 e. The maximum absolute atomic E-state index is 12.4. The van der Waals surface area contributed by atoms with Crippen molar-refractivity contribution in [2.45, 2.75) is 101 Å². The molecule has 0 saturated heterocycles. The first-order valence-electron chi connectivity index (χ1n) is 14.3. The highest BCUT2D eigenvalue weighted by Crippen LogP contribution is 2.50. The van der Waals surface area contributed by atoms with Crippen molar-refractivity contribution in [3.8, 4) is 0 Å². The average Bonchev–Trinajstić information content (AvgIpc) is 2.89. The second-order valence-corrected chi connectivity index (χ2v) is 9.09. The van der Waals surface area contributed by atoms with Crippen molar-refractivity contribution in [1.82, 2.24) is 10.6 Å². The number of ether oxygens (including phenoxy) is 1. The zero-order chi connectivity index (χ0) is 29.7. The summed E-state index contributed by atoms with van der Waals surface area (Å²) < 4.78 is 4.88. The molecule has 0 aromatic heterocycles. The minimum Gasteiger partial charge on any atom is -0.466 e. The van der Waals surface area contributed by atoms with Crippen LogP contribution >= 0.6 is 0 Å². The summed E-state index contributed by atoms with van der Waals surface area (Å²) in [6.45, 7) is 26.9. The minimum atomic E-state index is -0.312. The summed E-state index contributed by atoms with van der Waals surface area (Å²) in [5.41, 5.74) is 2.90. The van der Waals surface area contributed by atoms with Gasteiger partial charge in [-0.2, -0.15) is 0 Å². The lowest BCUT2D eigenvalue weighted by Crippen LogP contribution is -2.40. The lowest BCUT2D eigenvalue weighted by Gasteiger charge is -2.47. The number of nitrogens with one attached hydrogen (secondary N) is 2. The third-order valence-corrected chi connectivity index (χ3v) is 5.59. The van der Waals surface area contributed by atoms with E-state index in [2.05, 4.69) is 36.1 Å². The normalized spacial score (nSPS) is 14.7. The van der Waals surface area contributed by atoms with Gasteiger partial charge in [-0.25, -0.2) is 4.99 Å². The van der Waals surface area contributed by atoms with Crippen LogP contribution in [0.3, 0.4) is 0 Å². The Kier molecular flexibility index (Phi) is 20.7. The van der Waals surface area contributed by atoms with Crippen LogP contribution in [0.1, 0.15) is 117 Å². The molecule has 1 aliphatic carbocycles. The largest absolute Gasteiger partial charge is 0.466 e. The molecule has 216 valence electrons. The van der Waals surface area contributed by atoms with Gasteiger partial charge in [0.1, 0.15) is 5.82 Å². The van der Waals surface area contributed by atoms with Crippen LogP contribution in [0.25, 0.3) is 0 Å². The van der Waals surface area contributed by atoms with E-state index in [0.29, 0.717) is 29.3 Å². The standard InChI is InChI=1S/C26H37N3O3.3C2H6/c1-7-9-18(3)28-19(4)29-24(22-16-26(5,6)17-22)20-10-12-21(13-11-20)25(31)27-15-14-23(30)32-8-2;3*1-2/h7,9-13,22,24,29H,4,8,14-17H2,1-3,5-6H3,(H,27,31);3*1-2H3/b9-7-,28-18+;;;. The first kappa shape index (κ1) is 37.3. The average molecular weight is 530 g/mol. The molecule has 1 unspecified atom stereocenters. The van der Waals surface area contributed by atoms with Crippen molar-refractivity contribution >= 4 is 17.6 Å². The van der Waals surface area contributed by atoms with Gasteiger partial charge >= 0.3 is 5.97 Å². The summed E-state index contributed by atoms with van der Waals surface area (Å²) in [6, 6.07) is 7.70. The van der Waals surface area contributed by atoms with Crippen molar-refractivity contribution in [1.29, 1.82) is 0 Å². The Balaban J connectivity index is 0. The summed E-state index contributed by atoms with van der Waals surface area (Å²) in [5.74, 6) is 0.596. The smallest absolute Gasteiger partial charge is 0.307 e. The van der Waals surface area contributed by atoms with Gasteiger partial charge in [0.15, 0.2) is 0 Å². The van der Waals surface area contributed by atoms with E-state index in [0.717, 1.165) is 24.1 Å². The molecule has 0 spiro atoms. The van der Waals surface area contributed by atoms with Crippen LogP contribution in [-0.4, -0.2) is 30.7 Å². The van der Waals surface area contributed by atoms with Gasteiger partial charge in [-0.05, 0) is 68.7 Å². The van der Waals surface area contributed by atoms with E-state index < -0.39 is 0 Å². The third-order valence-electron chi connectivity index (χ3n) is 5.59. The number of carbonyl (C=O) groups excluding carboxylic acids is 2. The number of allylic oxidation sites excluding steroid dienone is 2. The Morgan fingerprint density at radius 2 is 1.66 bits per heavy atom. The lowest BCUT2D eigenvalue weighted by atomic mass is 9.61. The van der Waals surface area contributed by atoms with Crippen LogP contribution < -0.4 is 10.6 Å². The minimum absolute atomic E-state index is 0.0820. The van der Waals surface area contributed by atoms with Gasteiger partial charge < -0.3 is 15.4 Å². The van der Waals surface area contributed by atoms with Crippen molar-refractivity contribution in [2.24, 2.45) is 16.3 Å².